The third-order valence-corrected chi connectivity index (χ3v) is 5.72. The van der Waals surface area contributed by atoms with Gasteiger partial charge in [0.05, 0.1) is 28.4 Å². The zero-order chi connectivity index (χ0) is 20.6. The van der Waals surface area contributed by atoms with Crippen molar-refractivity contribution in [3.8, 4) is 45.6 Å². The lowest BCUT2D eigenvalue weighted by atomic mass is 9.77. The second-order valence-corrected chi connectivity index (χ2v) is 7.36. The van der Waals surface area contributed by atoms with Gasteiger partial charge in [-0.15, -0.1) is 0 Å². The Kier molecular flexibility index (Phi) is 5.49. The summed E-state index contributed by atoms with van der Waals surface area (Å²) in [5, 5.41) is 21.0. The van der Waals surface area contributed by atoms with E-state index in [1.165, 1.54) is 14.2 Å². The van der Waals surface area contributed by atoms with Gasteiger partial charge in [-0.1, -0.05) is 13.8 Å². The summed E-state index contributed by atoms with van der Waals surface area (Å²) in [6.45, 7) is 4.38. The van der Waals surface area contributed by atoms with E-state index in [1.807, 2.05) is 0 Å². The molecule has 2 N–H and O–H groups in total. The third-order valence-electron chi connectivity index (χ3n) is 5.72. The molecule has 2 atom stereocenters. The summed E-state index contributed by atoms with van der Waals surface area (Å²) < 4.78 is 22.2. The summed E-state index contributed by atoms with van der Waals surface area (Å²) in [5.41, 5.74) is 3.45. The number of phenolic OH excluding ortho intramolecular Hbond substituents is 2. The van der Waals surface area contributed by atoms with Crippen molar-refractivity contribution in [1.29, 1.82) is 0 Å². The molecule has 2 aromatic carbocycles. The Labute approximate surface area is 165 Å². The van der Waals surface area contributed by atoms with Crippen LogP contribution in [0.1, 0.15) is 25.0 Å². The van der Waals surface area contributed by atoms with Crippen LogP contribution in [0.3, 0.4) is 0 Å². The SMILES string of the molecule is COc1c(O)cc2c(c1OC)-c1c(cc(O)c(OC)c1OC)C[C@H](C)[C@H](C)C2. The standard InChI is InChI=1S/C22H28O6/c1-11-7-13-9-15(23)19(25-3)21(27-5)17(13)18-14(8-12(11)2)10-16(24)20(26-4)22(18)28-6/h9-12,23-24H,7-8H2,1-6H3/t11-,12+. The molecule has 28 heavy (non-hydrogen) atoms. The average molecular weight is 388 g/mol. The Morgan fingerprint density at radius 2 is 0.964 bits per heavy atom. The minimum absolute atomic E-state index is 0.0322. The van der Waals surface area contributed by atoms with Gasteiger partial charge in [0.1, 0.15) is 0 Å². The summed E-state index contributed by atoms with van der Waals surface area (Å²) in [7, 11) is 6.08. The van der Waals surface area contributed by atoms with Crippen LogP contribution in [0, 0.1) is 11.8 Å². The molecular weight excluding hydrogens is 360 g/mol. The van der Waals surface area contributed by atoms with E-state index in [4.69, 9.17) is 18.9 Å². The van der Waals surface area contributed by atoms with Crippen LogP contribution in [0.2, 0.25) is 0 Å². The van der Waals surface area contributed by atoms with Crippen molar-refractivity contribution in [1.82, 2.24) is 0 Å². The lowest BCUT2D eigenvalue weighted by molar-refractivity contribution is 0.325. The molecule has 0 heterocycles. The second-order valence-electron chi connectivity index (χ2n) is 7.36. The maximum atomic E-state index is 10.5. The first-order valence-electron chi connectivity index (χ1n) is 9.31. The Bertz CT molecular complexity index is 816. The van der Waals surface area contributed by atoms with E-state index in [0.717, 1.165) is 35.1 Å². The first kappa shape index (κ1) is 20.0. The van der Waals surface area contributed by atoms with Crippen LogP contribution in [-0.4, -0.2) is 38.7 Å². The monoisotopic (exact) mass is 388 g/mol. The van der Waals surface area contributed by atoms with Crippen LogP contribution in [0.15, 0.2) is 12.1 Å². The van der Waals surface area contributed by atoms with Crippen molar-refractivity contribution >= 4 is 0 Å². The van der Waals surface area contributed by atoms with Crippen molar-refractivity contribution < 1.29 is 29.2 Å². The zero-order valence-corrected chi connectivity index (χ0v) is 17.3. The number of methoxy groups -OCH3 is 4. The van der Waals surface area contributed by atoms with E-state index < -0.39 is 0 Å². The van der Waals surface area contributed by atoms with E-state index in [1.54, 1.807) is 26.4 Å². The van der Waals surface area contributed by atoms with Crippen molar-refractivity contribution in [2.24, 2.45) is 11.8 Å². The number of hydrogen-bond donors (Lipinski definition) is 2. The predicted octanol–water partition coefficient (Wildman–Crippen LogP) is 4.17. The highest BCUT2D eigenvalue weighted by molar-refractivity contribution is 5.88. The Morgan fingerprint density at radius 3 is 1.25 bits per heavy atom. The number of fused-ring (bicyclic) bond motifs is 3. The van der Waals surface area contributed by atoms with Crippen LogP contribution < -0.4 is 18.9 Å². The van der Waals surface area contributed by atoms with Crippen molar-refractivity contribution in [3.05, 3.63) is 23.3 Å². The van der Waals surface area contributed by atoms with Crippen LogP contribution in [-0.2, 0) is 12.8 Å². The van der Waals surface area contributed by atoms with E-state index in [9.17, 15) is 10.2 Å². The number of hydrogen-bond acceptors (Lipinski definition) is 6. The van der Waals surface area contributed by atoms with Crippen LogP contribution >= 0.6 is 0 Å². The smallest absolute Gasteiger partial charge is 0.203 e. The van der Waals surface area contributed by atoms with E-state index in [2.05, 4.69) is 13.8 Å². The number of ether oxygens (including phenoxy) is 4. The molecule has 6 nitrogen and oxygen atoms in total. The van der Waals surface area contributed by atoms with Crippen LogP contribution in [0.25, 0.3) is 11.1 Å². The average Bonchev–Trinajstić information content (AvgIpc) is 2.66. The van der Waals surface area contributed by atoms with Crippen molar-refractivity contribution in [3.63, 3.8) is 0 Å². The largest absolute Gasteiger partial charge is 0.504 e. The second kappa shape index (κ2) is 7.70. The van der Waals surface area contributed by atoms with Gasteiger partial charge in [0.25, 0.3) is 0 Å². The molecule has 0 saturated carbocycles. The van der Waals surface area contributed by atoms with Gasteiger partial charge in [0, 0.05) is 11.1 Å². The highest BCUT2D eigenvalue weighted by Crippen LogP contribution is 2.55. The van der Waals surface area contributed by atoms with Gasteiger partial charge in [0.2, 0.25) is 11.5 Å². The fourth-order valence-electron chi connectivity index (χ4n) is 4.11. The number of phenols is 2. The summed E-state index contributed by atoms with van der Waals surface area (Å²) in [6.07, 6.45) is 1.52. The number of rotatable bonds is 4. The molecule has 0 fully saturated rings. The van der Waals surface area contributed by atoms with Gasteiger partial charge in [-0.05, 0) is 47.9 Å². The minimum atomic E-state index is 0.0322. The number of aromatic hydroxyl groups is 2. The van der Waals surface area contributed by atoms with Crippen LogP contribution in [0.5, 0.6) is 34.5 Å². The highest BCUT2D eigenvalue weighted by Gasteiger charge is 2.32. The molecule has 1 aliphatic rings. The lowest BCUT2D eigenvalue weighted by Gasteiger charge is -2.30. The maximum absolute atomic E-state index is 10.5. The third kappa shape index (κ3) is 3.07. The molecule has 152 valence electrons. The topological polar surface area (TPSA) is 77.4 Å². The Balaban J connectivity index is 2.50. The first-order chi connectivity index (χ1) is 13.4. The zero-order valence-electron chi connectivity index (χ0n) is 17.3. The molecule has 6 heteroatoms. The predicted molar refractivity (Wildman–Crippen MR) is 107 cm³/mol. The summed E-state index contributed by atoms with van der Waals surface area (Å²) >= 11 is 0. The fourth-order valence-corrected chi connectivity index (χ4v) is 4.11. The summed E-state index contributed by atoms with van der Waals surface area (Å²) in [4.78, 5) is 0. The normalized spacial score (nSPS) is 18.4. The number of benzene rings is 2. The Hall–Kier alpha value is -2.76. The highest BCUT2D eigenvalue weighted by atomic mass is 16.5. The van der Waals surface area contributed by atoms with Crippen molar-refractivity contribution in [2.75, 3.05) is 28.4 Å². The van der Waals surface area contributed by atoms with Crippen LogP contribution in [0.4, 0.5) is 0 Å². The lowest BCUT2D eigenvalue weighted by Crippen LogP contribution is -2.18. The van der Waals surface area contributed by atoms with Gasteiger partial charge in [-0.2, -0.15) is 0 Å². The summed E-state index contributed by atoms with van der Waals surface area (Å²) in [6, 6.07) is 3.46. The molecule has 0 spiro atoms. The molecule has 0 saturated heterocycles. The molecule has 2 aromatic rings. The molecule has 0 aliphatic heterocycles. The first-order valence-corrected chi connectivity index (χ1v) is 9.31. The molecule has 0 aromatic heterocycles. The fraction of sp³-hybridized carbons (Fsp3) is 0.455. The van der Waals surface area contributed by atoms with Gasteiger partial charge >= 0.3 is 0 Å². The summed E-state index contributed by atoms with van der Waals surface area (Å²) in [5.74, 6) is 2.19. The Morgan fingerprint density at radius 1 is 0.643 bits per heavy atom. The van der Waals surface area contributed by atoms with Gasteiger partial charge < -0.3 is 29.2 Å². The molecule has 0 radical (unpaired) electrons. The minimum Gasteiger partial charge on any atom is -0.504 e. The van der Waals surface area contributed by atoms with E-state index in [0.29, 0.717) is 23.3 Å². The molecule has 0 amide bonds. The molecule has 0 unspecified atom stereocenters. The molecule has 3 rings (SSSR count). The quantitative estimate of drug-likeness (QED) is 0.819. The van der Waals surface area contributed by atoms with Gasteiger partial charge in [-0.25, -0.2) is 0 Å². The van der Waals surface area contributed by atoms with Gasteiger partial charge in [-0.3, -0.25) is 0 Å². The van der Waals surface area contributed by atoms with E-state index >= 15 is 0 Å². The van der Waals surface area contributed by atoms with E-state index in [-0.39, 0.29) is 23.0 Å². The van der Waals surface area contributed by atoms with Crippen molar-refractivity contribution in [2.45, 2.75) is 26.7 Å². The van der Waals surface area contributed by atoms with Gasteiger partial charge in [0.15, 0.2) is 23.0 Å². The maximum Gasteiger partial charge on any atom is 0.203 e. The molecule has 1 aliphatic carbocycles. The molecular formula is C22H28O6. The molecule has 0 bridgehead atoms.